The highest BCUT2D eigenvalue weighted by molar-refractivity contribution is 5.29. The second-order valence-corrected chi connectivity index (χ2v) is 40.5. The first-order valence-corrected chi connectivity index (χ1v) is 48.0. The summed E-state index contributed by atoms with van der Waals surface area (Å²) in [6.45, 7) is 95.0. The number of nitrogens with one attached hydrogen (secondary N) is 1. The Morgan fingerprint density at radius 3 is 0.969 bits per heavy atom. The van der Waals surface area contributed by atoms with Gasteiger partial charge in [-0.3, -0.25) is 24.4 Å². The first-order valence-electron chi connectivity index (χ1n) is 48.0. The molecule has 0 saturated carbocycles. The highest BCUT2D eigenvalue weighted by atomic mass is 16.3. The van der Waals surface area contributed by atoms with Gasteiger partial charge in [0.1, 0.15) is 23.6 Å². The molecule has 1 N–H and O–H groups in total. The smallest absolute Gasteiger partial charge is 0.153 e. The van der Waals surface area contributed by atoms with E-state index in [4.69, 9.17) is 8.83 Å². The van der Waals surface area contributed by atoms with E-state index in [1.807, 2.05) is 47.6 Å². The maximum Gasteiger partial charge on any atom is 0.153 e. The number of H-pyrrole nitrogens is 1. The van der Waals surface area contributed by atoms with E-state index in [9.17, 15) is 0 Å². The first-order chi connectivity index (χ1) is 59.1. The van der Waals surface area contributed by atoms with E-state index >= 15 is 0 Å². The van der Waals surface area contributed by atoms with Crippen LogP contribution in [-0.4, -0.2) is 74.7 Å². The van der Waals surface area contributed by atoms with E-state index in [-0.39, 0.29) is 0 Å². The Hall–Kier alpha value is -8.99. The number of hydrogen-bond donors (Lipinski definition) is 1. The Kier molecular flexibility index (Phi) is 54.1. The lowest BCUT2D eigenvalue weighted by Crippen LogP contribution is -2.02. The molecule has 0 aliphatic heterocycles. The summed E-state index contributed by atoms with van der Waals surface area (Å²) < 4.78 is 17.0. The molecule has 0 unspecified atom stereocenters. The van der Waals surface area contributed by atoms with Gasteiger partial charge in [0.25, 0.3) is 0 Å². The summed E-state index contributed by atoms with van der Waals surface area (Å²) in [6, 6.07) is 35.7. The Bertz CT molecular complexity index is 3890. The van der Waals surface area contributed by atoms with Gasteiger partial charge in [0.15, 0.2) is 5.82 Å². The Morgan fingerprint density at radius 1 is 0.283 bits per heavy atom. The third-order valence-electron chi connectivity index (χ3n) is 21.2. The number of benzene rings is 2. The summed E-state index contributed by atoms with van der Waals surface area (Å²) >= 11 is 0. The summed E-state index contributed by atoms with van der Waals surface area (Å²) in [5.41, 5.74) is 19.8. The summed E-state index contributed by atoms with van der Waals surface area (Å²) in [5, 5.41) is 32.4. The maximum absolute atomic E-state index is 5.61. The number of aromatic nitrogens is 15. The van der Waals surface area contributed by atoms with Crippen molar-refractivity contribution in [2.75, 3.05) is 0 Å². The minimum Gasteiger partial charge on any atom is -0.469 e. The first kappa shape index (κ1) is 116. The molecule has 0 aliphatic carbocycles. The van der Waals surface area contributed by atoms with Crippen LogP contribution in [0, 0.1) is 0 Å². The van der Waals surface area contributed by atoms with Crippen molar-refractivity contribution >= 4 is 0 Å². The van der Waals surface area contributed by atoms with E-state index in [0.717, 1.165) is 57.3 Å². The average molecular weight is 1750 g/mol. The molecule has 11 rings (SSSR count). The van der Waals surface area contributed by atoms with E-state index in [1.54, 1.807) is 6.33 Å². The standard InChI is InChI=1S/2C12H18.C10H18N2.3C10H16N2.2C10H16O.2C9H16N2.C8H15N3/c1-9(2)11-5-7-12(8-6-11)10(3)4;1-9(2)11-6-5-7-12(8-11)10(3)4;1-7(2)9-6-10(8(3)4)12(5)11-9;1-7(2)9-5-12-10(6-11-9)8(3)4;1-7(2)9-5-10(8(3)4)12-11-6-9;1-7(2)9-5-6-10(8(3)4)12-11-9;1-7(2)9-5-10(8(3)4)11-6-9;1-7(2)9-5-6-10(11-9)8(3)4;1-7(2)9-5-11(6-10-9)8(3)4;1-6(2)8-5-9(7(3)4)11-10-8;1-6(2)8-9-5-11(10-8)7(3)4/h2*5-10H,1-4H3;6-8H,1-5H3;3*5-8H,1-4H3;3*5-8H,1-4H3;5-7H,1-4H3,(H,10,11);5-7H,1-4H3. The predicted molar refractivity (Wildman–Crippen MR) is 543 cm³/mol. The molecule has 0 spiro atoms. The largest absolute Gasteiger partial charge is 0.469 e. The number of aromatic amines is 1. The molecule has 2 aromatic carbocycles. The van der Waals surface area contributed by atoms with Crippen LogP contribution >= 0.6 is 0 Å². The van der Waals surface area contributed by atoms with Crippen molar-refractivity contribution in [2.45, 2.75) is 435 Å². The molecule has 0 radical (unpaired) electrons. The van der Waals surface area contributed by atoms with Crippen LogP contribution in [0.5, 0.6) is 0 Å². The quantitative estimate of drug-likeness (QED) is 0.0673. The van der Waals surface area contributed by atoms with Crippen molar-refractivity contribution in [1.29, 1.82) is 0 Å². The van der Waals surface area contributed by atoms with Crippen molar-refractivity contribution in [1.82, 2.24) is 74.7 Å². The van der Waals surface area contributed by atoms with Crippen LogP contribution in [-0.2, 0) is 7.05 Å². The van der Waals surface area contributed by atoms with E-state index < -0.39 is 0 Å². The second-order valence-electron chi connectivity index (χ2n) is 40.5. The third kappa shape index (κ3) is 44.7. The Balaban J connectivity index is 0.000000699. The number of imidazole rings is 1. The van der Waals surface area contributed by atoms with Crippen molar-refractivity contribution in [2.24, 2.45) is 7.05 Å². The zero-order valence-corrected chi connectivity index (χ0v) is 88.6. The molecule has 9 aromatic heterocycles. The molecule has 127 heavy (non-hydrogen) atoms. The molecule has 0 bridgehead atoms. The topological polar surface area (TPSA) is 199 Å². The minimum atomic E-state index is 0.412. The van der Waals surface area contributed by atoms with Crippen LogP contribution in [0.3, 0.4) is 0 Å². The predicted octanol–water partition coefficient (Wildman–Crippen LogP) is 33.0. The minimum absolute atomic E-state index is 0.412. The van der Waals surface area contributed by atoms with Crippen LogP contribution < -0.4 is 0 Å². The number of aryl methyl sites for hydroxylation is 1. The van der Waals surface area contributed by atoms with Gasteiger partial charge >= 0.3 is 0 Å². The molecule has 0 fully saturated rings. The van der Waals surface area contributed by atoms with Gasteiger partial charge in [-0.05, 0) is 204 Å². The molecule has 11 aromatic rings. The highest BCUT2D eigenvalue weighted by Crippen LogP contribution is 2.28. The average Bonchev–Trinajstić information content (AvgIpc) is 1.67. The van der Waals surface area contributed by atoms with Gasteiger partial charge in [0, 0.05) is 72.8 Å². The third-order valence-corrected chi connectivity index (χ3v) is 21.2. The van der Waals surface area contributed by atoms with Crippen molar-refractivity contribution in [3.8, 4) is 0 Å². The molecule has 708 valence electrons. The van der Waals surface area contributed by atoms with Gasteiger partial charge in [-0.15, -0.1) is 0 Å². The number of rotatable bonds is 22. The fourth-order valence-corrected chi connectivity index (χ4v) is 11.4. The fraction of sp³-hybridized carbons (Fsp3) is 0.609. The van der Waals surface area contributed by atoms with Crippen LogP contribution in [0.2, 0.25) is 0 Å². The van der Waals surface area contributed by atoms with E-state index in [1.165, 1.54) is 56.2 Å². The number of furan rings is 2. The molecule has 17 heteroatoms. The lowest BCUT2D eigenvalue weighted by atomic mass is 9.96. The molecule has 0 saturated heterocycles. The van der Waals surface area contributed by atoms with Crippen LogP contribution in [0.25, 0.3) is 0 Å². The normalized spacial score (nSPS) is 11.3. The van der Waals surface area contributed by atoms with Gasteiger partial charge in [0.2, 0.25) is 0 Å². The van der Waals surface area contributed by atoms with Gasteiger partial charge in [-0.25, -0.2) is 9.97 Å². The SMILES string of the molecule is CC(C)c1cc(C(C)C)[nH]n1.CC(C)c1cc(C(C)C)n(C)n1.CC(C)c1ccc(C(C)C)cc1.CC(C)c1ccc(C(C)C)nn1.CC(C)c1ccc(C(C)C)o1.CC(C)c1cccc(C(C)C)c1.CC(C)c1cn(C(C)C)cn1.CC(C)c1cnc(C(C)C)cn1.CC(C)c1cnnc(C(C)C)c1.CC(C)c1coc(C(C)C)c1.CC(C)c1ncn(C(C)C)n1. The monoisotopic (exact) mass is 1740 g/mol. The van der Waals surface area contributed by atoms with E-state index in [2.05, 4.69) is 473 Å². The molecule has 17 nitrogen and oxygen atoms in total. The second kappa shape index (κ2) is 59.3. The summed E-state index contributed by atoms with van der Waals surface area (Å²) in [7, 11) is 2.02. The lowest BCUT2D eigenvalue weighted by molar-refractivity contribution is 0.432. The van der Waals surface area contributed by atoms with E-state index in [0.29, 0.717) is 130 Å². The molecule has 0 atom stereocenters. The van der Waals surface area contributed by atoms with Crippen LogP contribution in [0.15, 0.2) is 150 Å². The summed E-state index contributed by atoms with van der Waals surface area (Å²) in [6.07, 6.45) is 13.3. The zero-order valence-electron chi connectivity index (χ0n) is 88.6. The van der Waals surface area contributed by atoms with Crippen molar-refractivity contribution < 1.29 is 8.83 Å². The van der Waals surface area contributed by atoms with Gasteiger partial charge in [-0.2, -0.15) is 35.7 Å². The Labute approximate surface area is 775 Å². The van der Waals surface area contributed by atoms with Crippen LogP contribution in [0.4, 0.5) is 0 Å². The fourth-order valence-electron chi connectivity index (χ4n) is 11.4. The Morgan fingerprint density at radius 2 is 0.709 bits per heavy atom. The van der Waals surface area contributed by atoms with Crippen LogP contribution in [0.1, 0.15) is 549 Å². The molecular formula is C110H181N15O2. The van der Waals surface area contributed by atoms with Gasteiger partial charge in [0.05, 0.1) is 64.3 Å². The van der Waals surface area contributed by atoms with Gasteiger partial charge in [-0.1, -0.05) is 325 Å². The summed E-state index contributed by atoms with van der Waals surface area (Å²) in [5.74, 6) is 14.9. The number of hydrogen-bond acceptors (Lipinski definition) is 13. The zero-order chi connectivity index (χ0) is 97.1. The molecule has 0 amide bonds. The lowest BCUT2D eigenvalue weighted by Gasteiger charge is -2.09. The molecule has 0 aliphatic rings. The molecular weight excluding hydrogens is 1560 g/mol. The highest BCUT2D eigenvalue weighted by Gasteiger charge is 2.16. The summed E-state index contributed by atoms with van der Waals surface area (Å²) in [4.78, 5) is 17.2. The number of nitrogens with zero attached hydrogens (tertiary/aromatic N) is 14. The molecule has 9 heterocycles. The van der Waals surface area contributed by atoms with Crippen molar-refractivity contribution in [3.63, 3.8) is 0 Å². The maximum atomic E-state index is 5.61. The van der Waals surface area contributed by atoms with Crippen molar-refractivity contribution in [3.05, 3.63) is 254 Å². The van der Waals surface area contributed by atoms with Gasteiger partial charge < -0.3 is 13.4 Å².